The van der Waals surface area contributed by atoms with Gasteiger partial charge in [-0.15, -0.1) is 0 Å². The Kier molecular flexibility index (Phi) is 1.57. The van der Waals surface area contributed by atoms with Crippen molar-refractivity contribution in [2.45, 2.75) is 32.2 Å². The fourth-order valence-electron chi connectivity index (χ4n) is 2.59. The molecule has 0 amide bonds. The predicted molar refractivity (Wildman–Crippen MR) is 47.5 cm³/mol. The molecule has 0 aromatic heterocycles. The second-order valence-electron chi connectivity index (χ2n) is 4.23. The van der Waals surface area contributed by atoms with Gasteiger partial charge in [0.2, 0.25) is 0 Å². The van der Waals surface area contributed by atoms with E-state index in [1.807, 2.05) is 0 Å². The molecule has 2 rings (SSSR count). The number of hydrogen-bond acceptors (Lipinski definition) is 1. The molecule has 2 aliphatic rings. The summed E-state index contributed by atoms with van der Waals surface area (Å²) in [5.41, 5.74) is 0.507. The van der Waals surface area contributed by atoms with Gasteiger partial charge in [-0.05, 0) is 32.9 Å². The van der Waals surface area contributed by atoms with Crippen molar-refractivity contribution in [3.8, 4) is 0 Å². The lowest BCUT2D eigenvalue weighted by molar-refractivity contribution is 0.215. The molecule has 1 nitrogen and oxygen atoms in total. The van der Waals surface area contributed by atoms with Crippen LogP contribution in [0.3, 0.4) is 0 Å². The second kappa shape index (κ2) is 2.34. The molecule has 0 aromatic carbocycles. The maximum absolute atomic E-state index is 2.52. The Balaban J connectivity index is 2.25. The molecule has 1 heterocycles. The summed E-state index contributed by atoms with van der Waals surface area (Å²) in [6, 6.07) is 0.826. The van der Waals surface area contributed by atoms with Crippen molar-refractivity contribution in [1.29, 1.82) is 0 Å². The van der Waals surface area contributed by atoms with Gasteiger partial charge in [0.1, 0.15) is 0 Å². The number of likely N-dealkylation sites (tertiary alicyclic amines) is 1. The first-order chi connectivity index (χ1) is 5.22. The van der Waals surface area contributed by atoms with Gasteiger partial charge in [0.15, 0.2) is 0 Å². The minimum absolute atomic E-state index is 0.507. The van der Waals surface area contributed by atoms with E-state index in [0.29, 0.717) is 5.41 Å². The first-order valence-corrected chi connectivity index (χ1v) is 4.60. The largest absolute Gasteiger partial charge is 0.303 e. The van der Waals surface area contributed by atoms with E-state index in [2.05, 4.69) is 31.0 Å². The molecule has 1 aliphatic heterocycles. The van der Waals surface area contributed by atoms with E-state index >= 15 is 0 Å². The summed E-state index contributed by atoms with van der Waals surface area (Å²) >= 11 is 0. The Bertz CT molecular complexity index is 185. The lowest BCUT2D eigenvalue weighted by atomic mass is 9.77. The zero-order valence-electron chi connectivity index (χ0n) is 7.51. The molecule has 0 spiro atoms. The summed E-state index contributed by atoms with van der Waals surface area (Å²) in [4.78, 5) is 2.52. The average molecular weight is 151 g/mol. The van der Waals surface area contributed by atoms with E-state index in [-0.39, 0.29) is 0 Å². The molecule has 1 unspecified atom stereocenters. The van der Waals surface area contributed by atoms with Gasteiger partial charge in [-0.3, -0.25) is 0 Å². The summed E-state index contributed by atoms with van der Waals surface area (Å²) in [7, 11) is 2.26. The quantitative estimate of drug-likeness (QED) is 0.479. The molecule has 1 heteroatoms. The highest BCUT2D eigenvalue weighted by atomic mass is 15.2. The second-order valence-corrected chi connectivity index (χ2v) is 4.23. The first-order valence-electron chi connectivity index (χ1n) is 4.60. The van der Waals surface area contributed by atoms with Gasteiger partial charge < -0.3 is 4.90 Å². The van der Waals surface area contributed by atoms with Crippen LogP contribution in [0.2, 0.25) is 0 Å². The zero-order valence-corrected chi connectivity index (χ0v) is 7.51. The van der Waals surface area contributed by atoms with Crippen molar-refractivity contribution in [3.05, 3.63) is 12.2 Å². The summed E-state index contributed by atoms with van der Waals surface area (Å²) < 4.78 is 0. The van der Waals surface area contributed by atoms with Crippen molar-refractivity contribution in [3.63, 3.8) is 0 Å². The Labute approximate surface area is 69.1 Å². The third kappa shape index (κ3) is 1.02. The van der Waals surface area contributed by atoms with Crippen molar-refractivity contribution in [2.75, 3.05) is 13.6 Å². The molecule has 0 bridgehead atoms. The van der Waals surface area contributed by atoms with Crippen LogP contribution in [0.1, 0.15) is 26.2 Å². The highest BCUT2D eigenvalue weighted by molar-refractivity contribution is 5.11. The number of nitrogens with zero attached hydrogens (tertiary/aromatic N) is 1. The standard InChI is InChI=1S/C10H17N/c1-10-6-4-3-5-9(10)11(2)8-7-10/h4,6,9H,3,5,7-8H2,1-2H3/t9?,10-/m0/s1. The molecule has 1 fully saturated rings. The van der Waals surface area contributed by atoms with Gasteiger partial charge in [0.25, 0.3) is 0 Å². The lowest BCUT2D eigenvalue weighted by Crippen LogP contribution is -2.36. The Morgan fingerprint density at radius 1 is 1.55 bits per heavy atom. The van der Waals surface area contributed by atoms with E-state index in [0.717, 1.165) is 6.04 Å². The van der Waals surface area contributed by atoms with Gasteiger partial charge in [0.05, 0.1) is 0 Å². The SMILES string of the molecule is CN1CC[C@]2(C)C=CCCC12. The van der Waals surface area contributed by atoms with Crippen LogP contribution < -0.4 is 0 Å². The highest BCUT2D eigenvalue weighted by Gasteiger charge is 2.40. The summed E-state index contributed by atoms with van der Waals surface area (Å²) in [5.74, 6) is 0. The van der Waals surface area contributed by atoms with Crippen LogP contribution in [0.25, 0.3) is 0 Å². The molecule has 0 N–H and O–H groups in total. The van der Waals surface area contributed by atoms with Gasteiger partial charge in [0, 0.05) is 11.5 Å². The van der Waals surface area contributed by atoms with Gasteiger partial charge >= 0.3 is 0 Å². The van der Waals surface area contributed by atoms with Crippen LogP contribution in [0.4, 0.5) is 0 Å². The maximum atomic E-state index is 2.52. The normalized spacial score (nSPS) is 44.4. The molecule has 1 aliphatic carbocycles. The average Bonchev–Trinajstić information content (AvgIpc) is 2.29. The Morgan fingerprint density at radius 2 is 2.36 bits per heavy atom. The fraction of sp³-hybridized carbons (Fsp3) is 0.800. The van der Waals surface area contributed by atoms with Crippen molar-refractivity contribution in [2.24, 2.45) is 5.41 Å². The van der Waals surface area contributed by atoms with E-state index in [4.69, 9.17) is 0 Å². The molecular formula is C10H17N. The molecule has 0 radical (unpaired) electrons. The van der Waals surface area contributed by atoms with Crippen molar-refractivity contribution in [1.82, 2.24) is 4.90 Å². The Hall–Kier alpha value is -0.300. The summed E-state index contributed by atoms with van der Waals surface area (Å²) in [5, 5.41) is 0. The minimum Gasteiger partial charge on any atom is -0.303 e. The Morgan fingerprint density at radius 3 is 3.09 bits per heavy atom. The monoisotopic (exact) mass is 151 g/mol. The topological polar surface area (TPSA) is 3.24 Å². The molecule has 62 valence electrons. The molecule has 0 saturated carbocycles. The third-order valence-electron chi connectivity index (χ3n) is 3.40. The number of rotatable bonds is 0. The fourth-order valence-corrected chi connectivity index (χ4v) is 2.59. The van der Waals surface area contributed by atoms with Crippen molar-refractivity contribution >= 4 is 0 Å². The van der Waals surface area contributed by atoms with Gasteiger partial charge in [-0.2, -0.15) is 0 Å². The number of hydrogen-bond donors (Lipinski definition) is 0. The maximum Gasteiger partial charge on any atom is 0.0184 e. The lowest BCUT2D eigenvalue weighted by Gasteiger charge is -2.34. The molecule has 1 saturated heterocycles. The van der Waals surface area contributed by atoms with Gasteiger partial charge in [-0.25, -0.2) is 0 Å². The van der Waals surface area contributed by atoms with Crippen LogP contribution in [-0.4, -0.2) is 24.5 Å². The van der Waals surface area contributed by atoms with Gasteiger partial charge in [-0.1, -0.05) is 19.1 Å². The van der Waals surface area contributed by atoms with Crippen LogP contribution >= 0.6 is 0 Å². The molecule has 0 aromatic rings. The van der Waals surface area contributed by atoms with E-state index < -0.39 is 0 Å². The van der Waals surface area contributed by atoms with E-state index in [9.17, 15) is 0 Å². The molecular weight excluding hydrogens is 134 g/mol. The van der Waals surface area contributed by atoms with Crippen LogP contribution in [0.15, 0.2) is 12.2 Å². The van der Waals surface area contributed by atoms with Crippen LogP contribution in [0, 0.1) is 5.41 Å². The molecule has 11 heavy (non-hydrogen) atoms. The summed E-state index contributed by atoms with van der Waals surface area (Å²) in [6.07, 6.45) is 8.79. The van der Waals surface area contributed by atoms with E-state index in [1.54, 1.807) is 0 Å². The van der Waals surface area contributed by atoms with Crippen LogP contribution in [-0.2, 0) is 0 Å². The van der Waals surface area contributed by atoms with E-state index in [1.165, 1.54) is 25.8 Å². The number of allylic oxidation sites excluding steroid dienone is 1. The zero-order chi connectivity index (χ0) is 7.90. The van der Waals surface area contributed by atoms with Crippen molar-refractivity contribution < 1.29 is 0 Å². The first kappa shape index (κ1) is 7.35. The number of fused-ring (bicyclic) bond motifs is 1. The predicted octanol–water partition coefficient (Wildman–Crippen LogP) is 2.05. The highest BCUT2D eigenvalue weighted by Crippen LogP contribution is 2.41. The minimum atomic E-state index is 0.507. The van der Waals surface area contributed by atoms with Crippen LogP contribution in [0.5, 0.6) is 0 Å². The smallest absolute Gasteiger partial charge is 0.0184 e. The molecule has 2 atom stereocenters. The summed E-state index contributed by atoms with van der Waals surface area (Å²) in [6.45, 7) is 3.68. The third-order valence-corrected chi connectivity index (χ3v) is 3.40.